The second-order valence-corrected chi connectivity index (χ2v) is 4.60. The van der Waals surface area contributed by atoms with Crippen LogP contribution in [-0.4, -0.2) is 29.0 Å². The fraction of sp³-hybridized carbons (Fsp3) is 0.312. The van der Waals surface area contributed by atoms with Gasteiger partial charge in [-0.15, -0.1) is 0 Å². The van der Waals surface area contributed by atoms with Crippen LogP contribution in [0.5, 0.6) is 5.75 Å². The molecule has 0 aliphatic heterocycles. The Morgan fingerprint density at radius 1 is 1.18 bits per heavy atom. The van der Waals surface area contributed by atoms with E-state index in [1.807, 2.05) is 19.1 Å². The standard InChI is InChI=1S/C16H18N2O4/c1-4-21-13-10-14(19)18(12-8-6-11(3)7-9-12)17-15(13)16(20)22-5-2/h6-10H,4-5H2,1-3H3. The lowest BCUT2D eigenvalue weighted by Gasteiger charge is -2.11. The smallest absolute Gasteiger partial charge is 0.362 e. The normalized spacial score (nSPS) is 10.3. The highest BCUT2D eigenvalue weighted by molar-refractivity contribution is 5.90. The monoisotopic (exact) mass is 302 g/mol. The zero-order valence-corrected chi connectivity index (χ0v) is 12.8. The first-order chi connectivity index (χ1) is 10.6. The number of hydrogen-bond donors (Lipinski definition) is 0. The van der Waals surface area contributed by atoms with Gasteiger partial charge in [0.25, 0.3) is 5.56 Å². The first kappa shape index (κ1) is 15.8. The number of hydrogen-bond acceptors (Lipinski definition) is 5. The summed E-state index contributed by atoms with van der Waals surface area (Å²) in [6.45, 7) is 5.95. The lowest BCUT2D eigenvalue weighted by atomic mass is 10.2. The summed E-state index contributed by atoms with van der Waals surface area (Å²) in [7, 11) is 0. The Labute approximate surface area is 128 Å². The topological polar surface area (TPSA) is 70.4 Å². The summed E-state index contributed by atoms with van der Waals surface area (Å²) < 4.78 is 11.4. The number of rotatable bonds is 5. The van der Waals surface area contributed by atoms with E-state index in [0.29, 0.717) is 12.3 Å². The maximum absolute atomic E-state index is 12.2. The highest BCUT2D eigenvalue weighted by atomic mass is 16.5. The number of carbonyl (C=O) groups excluding carboxylic acids is 1. The first-order valence-electron chi connectivity index (χ1n) is 7.08. The first-order valence-corrected chi connectivity index (χ1v) is 7.08. The van der Waals surface area contributed by atoms with E-state index in [2.05, 4.69) is 5.10 Å². The van der Waals surface area contributed by atoms with Crippen molar-refractivity contribution >= 4 is 5.97 Å². The third kappa shape index (κ3) is 3.33. The molecule has 0 radical (unpaired) electrons. The molecule has 1 aromatic carbocycles. The number of aryl methyl sites for hydroxylation is 1. The van der Waals surface area contributed by atoms with Gasteiger partial charge in [-0.05, 0) is 32.9 Å². The second-order valence-electron chi connectivity index (χ2n) is 4.60. The fourth-order valence-electron chi connectivity index (χ4n) is 1.92. The second kappa shape index (κ2) is 6.89. The van der Waals surface area contributed by atoms with Gasteiger partial charge in [-0.2, -0.15) is 9.78 Å². The summed E-state index contributed by atoms with van der Waals surface area (Å²) in [5.74, 6) is -0.485. The molecule has 0 fully saturated rings. The largest absolute Gasteiger partial charge is 0.491 e. The van der Waals surface area contributed by atoms with E-state index in [9.17, 15) is 9.59 Å². The Hall–Kier alpha value is -2.63. The molecule has 22 heavy (non-hydrogen) atoms. The van der Waals surface area contributed by atoms with Gasteiger partial charge < -0.3 is 9.47 Å². The van der Waals surface area contributed by atoms with E-state index in [0.717, 1.165) is 10.2 Å². The summed E-state index contributed by atoms with van der Waals surface area (Å²) in [6, 6.07) is 8.51. The van der Waals surface area contributed by atoms with Crippen molar-refractivity contribution < 1.29 is 14.3 Å². The molecule has 2 rings (SSSR count). The molecular weight excluding hydrogens is 284 g/mol. The Kier molecular flexibility index (Phi) is 4.93. The summed E-state index contributed by atoms with van der Waals surface area (Å²) in [4.78, 5) is 24.2. The van der Waals surface area contributed by atoms with Gasteiger partial charge in [0, 0.05) is 0 Å². The molecule has 0 N–H and O–H groups in total. The van der Waals surface area contributed by atoms with Gasteiger partial charge in [0.1, 0.15) is 0 Å². The lowest BCUT2D eigenvalue weighted by molar-refractivity contribution is 0.0512. The minimum absolute atomic E-state index is 0.0103. The molecule has 0 saturated heterocycles. The molecule has 1 aromatic heterocycles. The molecule has 1 heterocycles. The maximum atomic E-state index is 12.2. The molecule has 2 aromatic rings. The molecule has 0 spiro atoms. The van der Waals surface area contributed by atoms with Crippen LogP contribution in [0.25, 0.3) is 5.69 Å². The zero-order chi connectivity index (χ0) is 16.1. The van der Waals surface area contributed by atoms with Crippen LogP contribution >= 0.6 is 0 Å². The average Bonchev–Trinajstić information content (AvgIpc) is 2.49. The molecule has 6 nitrogen and oxygen atoms in total. The van der Waals surface area contributed by atoms with Gasteiger partial charge in [-0.1, -0.05) is 17.7 Å². The quantitative estimate of drug-likeness (QED) is 0.791. The van der Waals surface area contributed by atoms with Gasteiger partial charge >= 0.3 is 5.97 Å². The van der Waals surface area contributed by atoms with Crippen LogP contribution in [0.3, 0.4) is 0 Å². The number of ether oxygens (including phenoxy) is 2. The number of aromatic nitrogens is 2. The van der Waals surface area contributed by atoms with Crippen molar-refractivity contribution in [3.8, 4) is 11.4 Å². The van der Waals surface area contributed by atoms with Crippen molar-refractivity contribution in [2.75, 3.05) is 13.2 Å². The van der Waals surface area contributed by atoms with E-state index in [-0.39, 0.29) is 23.6 Å². The maximum Gasteiger partial charge on any atom is 0.362 e. The SMILES string of the molecule is CCOC(=O)c1nn(-c2ccc(C)cc2)c(=O)cc1OCC. The van der Waals surface area contributed by atoms with Crippen molar-refractivity contribution in [2.45, 2.75) is 20.8 Å². The van der Waals surface area contributed by atoms with Crippen molar-refractivity contribution in [1.29, 1.82) is 0 Å². The summed E-state index contributed by atoms with van der Waals surface area (Å²) >= 11 is 0. The number of carbonyl (C=O) groups is 1. The molecule has 0 amide bonds. The fourth-order valence-corrected chi connectivity index (χ4v) is 1.92. The van der Waals surface area contributed by atoms with Crippen LogP contribution in [-0.2, 0) is 4.74 Å². The highest BCUT2D eigenvalue weighted by Crippen LogP contribution is 2.16. The van der Waals surface area contributed by atoms with E-state index in [1.54, 1.807) is 26.0 Å². The minimum Gasteiger partial charge on any atom is -0.491 e. The van der Waals surface area contributed by atoms with Crippen LogP contribution in [0, 0.1) is 6.92 Å². The van der Waals surface area contributed by atoms with E-state index < -0.39 is 5.97 Å². The number of esters is 1. The van der Waals surface area contributed by atoms with Gasteiger partial charge in [-0.3, -0.25) is 4.79 Å². The lowest BCUT2D eigenvalue weighted by Crippen LogP contribution is -2.25. The molecule has 0 saturated carbocycles. The van der Waals surface area contributed by atoms with Crippen molar-refractivity contribution in [3.63, 3.8) is 0 Å². The predicted molar refractivity (Wildman–Crippen MR) is 81.7 cm³/mol. The Morgan fingerprint density at radius 2 is 1.86 bits per heavy atom. The molecular formula is C16H18N2O4. The molecule has 0 bridgehead atoms. The van der Waals surface area contributed by atoms with Gasteiger partial charge in [0.2, 0.25) is 5.69 Å². The van der Waals surface area contributed by atoms with E-state index in [4.69, 9.17) is 9.47 Å². The molecule has 0 unspecified atom stereocenters. The van der Waals surface area contributed by atoms with E-state index in [1.165, 1.54) is 6.07 Å². The molecule has 0 atom stereocenters. The van der Waals surface area contributed by atoms with Crippen LogP contribution in [0.1, 0.15) is 29.9 Å². The van der Waals surface area contributed by atoms with Crippen LogP contribution < -0.4 is 10.3 Å². The molecule has 0 aliphatic rings. The van der Waals surface area contributed by atoms with Gasteiger partial charge in [0.15, 0.2) is 5.75 Å². The summed E-state index contributed by atoms with van der Waals surface area (Å²) in [6.07, 6.45) is 0. The van der Waals surface area contributed by atoms with Crippen LogP contribution in [0.4, 0.5) is 0 Å². The Bertz CT molecular complexity index is 720. The van der Waals surface area contributed by atoms with Crippen molar-refractivity contribution in [2.24, 2.45) is 0 Å². The van der Waals surface area contributed by atoms with Crippen molar-refractivity contribution in [1.82, 2.24) is 9.78 Å². The van der Waals surface area contributed by atoms with E-state index >= 15 is 0 Å². The van der Waals surface area contributed by atoms with Gasteiger partial charge in [0.05, 0.1) is 25.0 Å². The van der Waals surface area contributed by atoms with Crippen LogP contribution in [0.15, 0.2) is 35.1 Å². The molecule has 116 valence electrons. The summed E-state index contributed by atoms with van der Waals surface area (Å²) in [5.41, 5.74) is 1.25. The van der Waals surface area contributed by atoms with Gasteiger partial charge in [-0.25, -0.2) is 4.79 Å². The minimum atomic E-state index is -0.619. The van der Waals surface area contributed by atoms with Crippen molar-refractivity contribution in [3.05, 3.63) is 51.9 Å². The predicted octanol–water partition coefficient (Wildman–Crippen LogP) is 2.12. The third-order valence-electron chi connectivity index (χ3n) is 2.94. The molecule has 6 heteroatoms. The van der Waals surface area contributed by atoms with Crippen LogP contribution in [0.2, 0.25) is 0 Å². The average molecular weight is 302 g/mol. The molecule has 0 aliphatic carbocycles. The highest BCUT2D eigenvalue weighted by Gasteiger charge is 2.19. The number of nitrogens with zero attached hydrogens (tertiary/aromatic N) is 2. The summed E-state index contributed by atoms with van der Waals surface area (Å²) in [5, 5.41) is 4.11. The third-order valence-corrected chi connectivity index (χ3v) is 2.94. The Morgan fingerprint density at radius 3 is 2.45 bits per heavy atom. The number of benzene rings is 1. The zero-order valence-electron chi connectivity index (χ0n) is 12.8. The Balaban J connectivity index is 2.56.